The number of carbonyl (C=O) groups excluding carboxylic acids is 1. The van der Waals surface area contributed by atoms with E-state index in [2.05, 4.69) is 9.97 Å². The molecule has 0 spiro atoms. The zero-order chi connectivity index (χ0) is 21.7. The molecule has 2 aromatic carbocycles. The van der Waals surface area contributed by atoms with E-state index < -0.39 is 23.2 Å². The molecule has 1 atom stereocenters. The molecule has 0 saturated carbocycles. The van der Waals surface area contributed by atoms with Gasteiger partial charge in [0.05, 0.1) is 30.2 Å². The summed E-state index contributed by atoms with van der Waals surface area (Å²) in [7, 11) is 1.62. The van der Waals surface area contributed by atoms with Crippen molar-refractivity contribution in [3.05, 3.63) is 87.5 Å². The largest absolute Gasteiger partial charge is 0.373 e. The fourth-order valence-corrected chi connectivity index (χ4v) is 4.09. The number of benzene rings is 2. The Balaban J connectivity index is 1.61. The third-order valence-corrected chi connectivity index (χ3v) is 5.68. The molecule has 156 valence electrons. The first kappa shape index (κ1) is 19.3. The van der Waals surface area contributed by atoms with E-state index >= 15 is 0 Å². The lowest BCUT2D eigenvalue weighted by Gasteiger charge is -2.34. The monoisotopic (exact) mass is 421 g/mol. The summed E-state index contributed by atoms with van der Waals surface area (Å²) in [6.07, 6.45) is 1.65. The molecule has 8 heteroatoms. The minimum Gasteiger partial charge on any atom is -0.373 e. The molecule has 31 heavy (non-hydrogen) atoms. The van der Waals surface area contributed by atoms with Gasteiger partial charge in [0.2, 0.25) is 0 Å². The minimum absolute atomic E-state index is 0.0281. The van der Waals surface area contributed by atoms with E-state index in [1.54, 1.807) is 25.4 Å². The van der Waals surface area contributed by atoms with Gasteiger partial charge in [0.1, 0.15) is 0 Å². The van der Waals surface area contributed by atoms with Gasteiger partial charge in [-0.15, -0.1) is 0 Å². The quantitative estimate of drug-likeness (QED) is 0.536. The molecule has 0 fully saturated rings. The summed E-state index contributed by atoms with van der Waals surface area (Å²) in [5.74, 6) is -2.44. The van der Waals surface area contributed by atoms with Crippen LogP contribution in [0.2, 0.25) is 0 Å². The average Bonchev–Trinajstić information content (AvgIpc) is 2.78. The van der Waals surface area contributed by atoms with Crippen molar-refractivity contribution in [1.82, 2.24) is 14.9 Å². The number of likely N-dealkylation sites (N-methyl/N-ethyl adjacent to an activating group) is 1. The van der Waals surface area contributed by atoms with Crippen molar-refractivity contribution in [2.45, 2.75) is 12.6 Å². The zero-order valence-electron chi connectivity index (χ0n) is 16.5. The standard InChI is InChI=1S/C23H17F2N3O3/c1-28(23(30)13-5-4-12-3-2-6-26-18(12)7-13)20-11-31-10-19-21(20)14-8-16(24)17(25)9-15(14)22(29)27-19/h2-9,20H,10-11H2,1H3,(H,27,29)/t20-/m0/s1. The molecule has 0 radical (unpaired) electrons. The van der Waals surface area contributed by atoms with Crippen LogP contribution < -0.4 is 5.56 Å². The Kier molecular flexibility index (Phi) is 4.51. The second kappa shape index (κ2) is 7.24. The Morgan fingerprint density at radius 3 is 2.74 bits per heavy atom. The Hall–Kier alpha value is -3.65. The van der Waals surface area contributed by atoms with Crippen molar-refractivity contribution in [2.75, 3.05) is 13.7 Å². The first-order valence-corrected chi connectivity index (χ1v) is 9.67. The highest BCUT2D eigenvalue weighted by Gasteiger charge is 2.31. The van der Waals surface area contributed by atoms with Gasteiger partial charge in [0.25, 0.3) is 11.5 Å². The number of fused-ring (bicyclic) bond motifs is 4. The minimum atomic E-state index is -1.10. The highest BCUT2D eigenvalue weighted by molar-refractivity contribution is 5.98. The van der Waals surface area contributed by atoms with Gasteiger partial charge in [-0.25, -0.2) is 8.78 Å². The van der Waals surface area contributed by atoms with Gasteiger partial charge in [-0.1, -0.05) is 12.1 Å². The van der Waals surface area contributed by atoms with Crippen LogP contribution in [0.4, 0.5) is 8.78 Å². The van der Waals surface area contributed by atoms with Crippen molar-refractivity contribution < 1.29 is 18.3 Å². The molecule has 1 N–H and O–H groups in total. The summed E-state index contributed by atoms with van der Waals surface area (Å²) in [5.41, 5.74) is 1.58. The maximum Gasteiger partial charge on any atom is 0.256 e. The van der Waals surface area contributed by atoms with Gasteiger partial charge < -0.3 is 14.6 Å². The molecule has 0 bridgehead atoms. The molecule has 1 amide bonds. The number of hydrogen-bond acceptors (Lipinski definition) is 4. The highest BCUT2D eigenvalue weighted by atomic mass is 19.2. The van der Waals surface area contributed by atoms with E-state index in [4.69, 9.17) is 4.74 Å². The predicted octanol–water partition coefficient (Wildman–Crippen LogP) is 3.70. The summed E-state index contributed by atoms with van der Waals surface area (Å²) in [6, 6.07) is 10.3. The fourth-order valence-electron chi connectivity index (χ4n) is 4.09. The zero-order valence-corrected chi connectivity index (χ0v) is 16.5. The van der Waals surface area contributed by atoms with E-state index in [1.165, 1.54) is 4.90 Å². The number of halogens is 2. The van der Waals surface area contributed by atoms with Crippen LogP contribution in [0.1, 0.15) is 27.7 Å². The number of carbonyl (C=O) groups is 1. The molecule has 1 aliphatic rings. The van der Waals surface area contributed by atoms with Crippen LogP contribution in [0.15, 0.2) is 53.5 Å². The van der Waals surface area contributed by atoms with Crippen LogP contribution in [0, 0.1) is 11.6 Å². The number of amides is 1. The number of rotatable bonds is 2. The van der Waals surface area contributed by atoms with Crippen LogP contribution in [0.5, 0.6) is 0 Å². The van der Waals surface area contributed by atoms with Crippen molar-refractivity contribution >= 4 is 27.6 Å². The first-order chi connectivity index (χ1) is 14.9. The molecule has 0 unspecified atom stereocenters. The third-order valence-electron chi connectivity index (χ3n) is 5.68. The lowest BCUT2D eigenvalue weighted by atomic mass is 9.95. The Morgan fingerprint density at radius 2 is 1.94 bits per heavy atom. The fraction of sp³-hybridized carbons (Fsp3) is 0.174. The summed E-state index contributed by atoms with van der Waals surface area (Å²) in [4.78, 5) is 34.1. The van der Waals surface area contributed by atoms with E-state index in [1.807, 2.05) is 18.2 Å². The average molecular weight is 421 g/mol. The number of H-pyrrole nitrogens is 1. The molecule has 0 aliphatic carbocycles. The Morgan fingerprint density at radius 1 is 1.16 bits per heavy atom. The molecule has 4 aromatic rings. The van der Waals surface area contributed by atoms with E-state index in [0.29, 0.717) is 22.3 Å². The summed E-state index contributed by atoms with van der Waals surface area (Å²) in [5, 5.41) is 1.21. The highest BCUT2D eigenvalue weighted by Crippen LogP contribution is 2.34. The van der Waals surface area contributed by atoms with E-state index in [0.717, 1.165) is 17.5 Å². The molecule has 0 saturated heterocycles. The van der Waals surface area contributed by atoms with Gasteiger partial charge in [-0.05, 0) is 35.7 Å². The molecule has 3 heterocycles. The molecule has 5 rings (SSSR count). The third kappa shape index (κ3) is 3.16. The van der Waals surface area contributed by atoms with Crippen LogP contribution >= 0.6 is 0 Å². The number of pyridine rings is 2. The second-order valence-electron chi connectivity index (χ2n) is 7.52. The summed E-state index contributed by atoms with van der Waals surface area (Å²) in [6.45, 7) is 0.263. The van der Waals surface area contributed by atoms with Gasteiger partial charge >= 0.3 is 0 Å². The molecular weight excluding hydrogens is 404 g/mol. The molecular formula is C23H17F2N3O3. The maximum atomic E-state index is 14.0. The number of ether oxygens (including phenoxy) is 1. The van der Waals surface area contributed by atoms with Crippen LogP contribution in [0.3, 0.4) is 0 Å². The van der Waals surface area contributed by atoms with Gasteiger partial charge in [0.15, 0.2) is 11.6 Å². The lowest BCUT2D eigenvalue weighted by Crippen LogP contribution is -2.37. The first-order valence-electron chi connectivity index (χ1n) is 9.67. The number of nitrogens with zero attached hydrogens (tertiary/aromatic N) is 2. The number of aromatic amines is 1. The van der Waals surface area contributed by atoms with Gasteiger partial charge in [0, 0.05) is 35.5 Å². The van der Waals surface area contributed by atoms with Crippen molar-refractivity contribution in [1.29, 1.82) is 0 Å². The molecule has 1 aliphatic heterocycles. The van der Waals surface area contributed by atoms with Crippen molar-refractivity contribution in [3.8, 4) is 0 Å². The maximum absolute atomic E-state index is 14.0. The number of nitrogens with one attached hydrogen (secondary N) is 1. The smallest absolute Gasteiger partial charge is 0.256 e. The van der Waals surface area contributed by atoms with Gasteiger partial charge in [-0.3, -0.25) is 14.6 Å². The van der Waals surface area contributed by atoms with E-state index in [9.17, 15) is 18.4 Å². The summed E-state index contributed by atoms with van der Waals surface area (Å²) >= 11 is 0. The predicted molar refractivity (Wildman–Crippen MR) is 111 cm³/mol. The normalized spacial score (nSPS) is 15.8. The van der Waals surface area contributed by atoms with E-state index in [-0.39, 0.29) is 29.9 Å². The topological polar surface area (TPSA) is 75.3 Å². The molecule has 6 nitrogen and oxygen atoms in total. The molecule has 2 aromatic heterocycles. The van der Waals surface area contributed by atoms with Crippen molar-refractivity contribution in [2.24, 2.45) is 0 Å². The SMILES string of the molecule is CN(C(=O)c1ccc2cccnc2c1)[C@H]1COCc2[nH]c(=O)c3cc(F)c(F)cc3c21. The second-order valence-corrected chi connectivity index (χ2v) is 7.52. The van der Waals surface area contributed by atoms with Crippen LogP contribution in [-0.4, -0.2) is 34.4 Å². The number of hydrogen-bond donors (Lipinski definition) is 1. The summed E-state index contributed by atoms with van der Waals surface area (Å²) < 4.78 is 33.4. The Labute approximate surface area is 175 Å². The van der Waals surface area contributed by atoms with Gasteiger partial charge in [-0.2, -0.15) is 0 Å². The lowest BCUT2D eigenvalue weighted by molar-refractivity contribution is 0.0336. The Bertz CT molecular complexity index is 1420. The number of aromatic nitrogens is 2. The van der Waals surface area contributed by atoms with Crippen LogP contribution in [-0.2, 0) is 11.3 Å². The van der Waals surface area contributed by atoms with Crippen LogP contribution in [0.25, 0.3) is 21.7 Å². The van der Waals surface area contributed by atoms with Crippen molar-refractivity contribution in [3.63, 3.8) is 0 Å².